The zero-order valence-corrected chi connectivity index (χ0v) is 18.3. The second kappa shape index (κ2) is 10.3. The number of ether oxygens (including phenoxy) is 2. The number of hydrogen-bond acceptors (Lipinski definition) is 6. The van der Waals surface area contributed by atoms with Gasteiger partial charge in [-0.25, -0.2) is 0 Å². The number of halogens is 1. The van der Waals surface area contributed by atoms with Crippen molar-refractivity contribution >= 4 is 41.0 Å². The van der Waals surface area contributed by atoms with Crippen LogP contribution >= 0.6 is 23.4 Å². The minimum Gasteiger partial charge on any atom is -0.490 e. The van der Waals surface area contributed by atoms with Crippen LogP contribution in [0.5, 0.6) is 11.5 Å². The molecule has 1 atom stereocenters. The van der Waals surface area contributed by atoms with Gasteiger partial charge in [0.2, 0.25) is 0 Å². The minimum absolute atomic E-state index is 0.134. The molecule has 0 bridgehead atoms. The van der Waals surface area contributed by atoms with Gasteiger partial charge in [0.25, 0.3) is 5.91 Å². The summed E-state index contributed by atoms with van der Waals surface area (Å²) < 4.78 is 11.0. The lowest BCUT2D eigenvalue weighted by molar-refractivity contribution is -0.116. The number of anilines is 1. The first-order chi connectivity index (χ1) is 14.5. The number of nitrogens with one attached hydrogen (secondary N) is 2. The number of nitrogens with zero attached hydrogens (tertiary/aromatic N) is 1. The molecule has 2 aromatic carbocycles. The van der Waals surface area contributed by atoms with Gasteiger partial charge >= 0.3 is 0 Å². The van der Waals surface area contributed by atoms with E-state index in [1.54, 1.807) is 18.2 Å². The van der Waals surface area contributed by atoms with Gasteiger partial charge in [-0.05, 0) is 54.8 Å². The molecule has 0 saturated carbocycles. The van der Waals surface area contributed by atoms with Crippen molar-refractivity contribution in [2.45, 2.75) is 25.8 Å². The first kappa shape index (κ1) is 21.9. The van der Waals surface area contributed by atoms with Gasteiger partial charge in [-0.1, -0.05) is 42.4 Å². The van der Waals surface area contributed by atoms with Crippen molar-refractivity contribution < 1.29 is 14.3 Å². The van der Waals surface area contributed by atoms with Gasteiger partial charge in [0, 0.05) is 5.69 Å². The normalized spacial score (nSPS) is 16.8. The van der Waals surface area contributed by atoms with Gasteiger partial charge in [-0.15, -0.1) is 0 Å². The van der Waals surface area contributed by atoms with Crippen LogP contribution in [0.1, 0.15) is 25.0 Å². The molecule has 0 aromatic heterocycles. The topological polar surface area (TPSA) is 83.4 Å². The average Bonchev–Trinajstić information content (AvgIpc) is 3.07. The molecule has 1 heterocycles. The number of thioether (sulfide) groups is 1. The second-order valence-electron chi connectivity index (χ2n) is 6.38. The highest BCUT2D eigenvalue weighted by Crippen LogP contribution is 2.38. The highest BCUT2D eigenvalue weighted by Gasteiger charge is 2.27. The Hall–Kier alpha value is -2.82. The van der Waals surface area contributed by atoms with Crippen LogP contribution in [0.25, 0.3) is 6.08 Å². The predicted octanol–water partition coefficient (Wildman–Crippen LogP) is 4.80. The van der Waals surface area contributed by atoms with Gasteiger partial charge in [0.15, 0.2) is 23.6 Å². The summed E-state index contributed by atoms with van der Waals surface area (Å²) in [5.41, 5.74) is 2.63. The third kappa shape index (κ3) is 5.41. The largest absolute Gasteiger partial charge is 0.490 e. The van der Waals surface area contributed by atoms with E-state index in [-0.39, 0.29) is 18.0 Å². The molecule has 0 aliphatic carbocycles. The van der Waals surface area contributed by atoms with Crippen molar-refractivity contribution in [3.8, 4) is 17.6 Å². The number of carbonyl (C=O) groups excluding carboxylic acids is 1. The monoisotopic (exact) mass is 443 g/mol. The molecule has 1 amide bonds. The van der Waals surface area contributed by atoms with Gasteiger partial charge in [-0.2, -0.15) is 5.26 Å². The number of aryl methyl sites for hydroxylation is 1. The first-order valence-corrected chi connectivity index (χ1v) is 10.8. The maximum absolute atomic E-state index is 12.4. The molecule has 1 aliphatic heterocycles. The van der Waals surface area contributed by atoms with Gasteiger partial charge in [0.1, 0.15) is 6.07 Å². The first-order valence-electron chi connectivity index (χ1n) is 9.54. The Morgan fingerprint density at radius 3 is 2.70 bits per heavy atom. The number of carbonyl (C=O) groups is 1. The smallest absolute Gasteiger partial charge is 0.260 e. The lowest BCUT2D eigenvalue weighted by Crippen LogP contribution is -2.30. The standard InChI is InChI=1S/C22H22ClN3O3S/c1-3-14-5-7-16(8-6-14)25-22-26-21(27)19(30-22)13-15-11-17(23)20(29-10-9-24)18(12-15)28-4-2/h5-8,11-13,22,25H,3-4,10H2,1-2H3,(H,26,27)/b19-13-/t22-/m1/s1. The van der Waals surface area contributed by atoms with Gasteiger partial charge in [-0.3, -0.25) is 4.79 Å². The van der Waals surface area contributed by atoms with Gasteiger partial charge in [0.05, 0.1) is 16.5 Å². The summed E-state index contributed by atoms with van der Waals surface area (Å²) in [6, 6.07) is 13.5. The molecular weight excluding hydrogens is 422 g/mol. The zero-order valence-electron chi connectivity index (χ0n) is 16.7. The Morgan fingerprint density at radius 2 is 2.03 bits per heavy atom. The SMILES string of the molecule is CCOc1cc(/C=C2\S[C@H](Nc3ccc(CC)cc3)NC2=O)cc(Cl)c1OCC#N. The van der Waals surface area contributed by atoms with E-state index in [1.165, 1.54) is 17.3 Å². The van der Waals surface area contributed by atoms with E-state index in [9.17, 15) is 4.79 Å². The fraction of sp³-hybridized carbons (Fsp3) is 0.273. The lowest BCUT2D eigenvalue weighted by Gasteiger charge is -2.13. The van der Waals surface area contributed by atoms with Crippen LogP contribution in [-0.4, -0.2) is 24.6 Å². The minimum atomic E-state index is -0.267. The Morgan fingerprint density at radius 1 is 1.27 bits per heavy atom. The molecule has 8 heteroatoms. The number of hydrogen-bond donors (Lipinski definition) is 2. The number of rotatable bonds is 8. The molecular formula is C22H22ClN3O3S. The summed E-state index contributed by atoms with van der Waals surface area (Å²) >= 11 is 7.72. The summed E-state index contributed by atoms with van der Waals surface area (Å²) in [4.78, 5) is 13.0. The van der Waals surface area contributed by atoms with Crippen molar-refractivity contribution in [2.75, 3.05) is 18.5 Å². The third-order valence-electron chi connectivity index (χ3n) is 4.30. The van der Waals surface area contributed by atoms with E-state index in [1.807, 2.05) is 25.1 Å². The summed E-state index contributed by atoms with van der Waals surface area (Å²) in [5, 5.41) is 15.3. The predicted molar refractivity (Wildman–Crippen MR) is 121 cm³/mol. The molecule has 0 radical (unpaired) electrons. The van der Waals surface area contributed by atoms with Crippen molar-refractivity contribution in [1.29, 1.82) is 5.26 Å². The van der Waals surface area contributed by atoms with Crippen molar-refractivity contribution in [3.05, 3.63) is 57.5 Å². The molecule has 6 nitrogen and oxygen atoms in total. The third-order valence-corrected chi connectivity index (χ3v) is 5.61. The van der Waals surface area contributed by atoms with Crippen molar-refractivity contribution in [3.63, 3.8) is 0 Å². The Bertz CT molecular complexity index is 986. The molecule has 156 valence electrons. The number of nitriles is 1. The molecule has 1 aliphatic rings. The van der Waals surface area contributed by atoms with Crippen LogP contribution in [0.3, 0.4) is 0 Å². The van der Waals surface area contributed by atoms with Crippen molar-refractivity contribution in [2.24, 2.45) is 0 Å². The van der Waals surface area contributed by atoms with E-state index in [0.29, 0.717) is 33.6 Å². The fourth-order valence-electron chi connectivity index (χ4n) is 2.88. The molecule has 3 rings (SSSR count). The molecule has 30 heavy (non-hydrogen) atoms. The number of benzene rings is 2. The van der Waals surface area contributed by atoms with Crippen LogP contribution in [0.2, 0.25) is 5.02 Å². The Kier molecular flexibility index (Phi) is 7.50. The Balaban J connectivity index is 1.77. The van der Waals surface area contributed by atoms with Crippen LogP contribution in [0.4, 0.5) is 5.69 Å². The highest BCUT2D eigenvalue weighted by molar-refractivity contribution is 8.05. The Labute approximate surface area is 185 Å². The average molecular weight is 444 g/mol. The van der Waals surface area contributed by atoms with Crippen LogP contribution in [-0.2, 0) is 11.2 Å². The summed E-state index contributed by atoms with van der Waals surface area (Å²) in [6.07, 6.45) is 2.74. The summed E-state index contributed by atoms with van der Waals surface area (Å²) in [5.74, 6) is 0.587. The molecule has 2 N–H and O–H groups in total. The van der Waals surface area contributed by atoms with Crippen LogP contribution < -0.4 is 20.1 Å². The maximum atomic E-state index is 12.4. The molecule has 2 aromatic rings. The zero-order chi connectivity index (χ0) is 21.5. The van der Waals surface area contributed by atoms with E-state index in [4.69, 9.17) is 26.3 Å². The molecule has 0 unspecified atom stereocenters. The second-order valence-corrected chi connectivity index (χ2v) is 7.94. The van der Waals surface area contributed by atoms with E-state index >= 15 is 0 Å². The van der Waals surface area contributed by atoms with Gasteiger partial charge < -0.3 is 20.1 Å². The van der Waals surface area contributed by atoms with Crippen LogP contribution in [0, 0.1) is 11.3 Å². The quantitative estimate of drug-likeness (QED) is 0.570. The van der Waals surface area contributed by atoms with E-state index in [0.717, 1.165) is 12.1 Å². The van der Waals surface area contributed by atoms with Crippen molar-refractivity contribution in [1.82, 2.24) is 5.32 Å². The summed E-state index contributed by atoms with van der Waals surface area (Å²) in [7, 11) is 0. The summed E-state index contributed by atoms with van der Waals surface area (Å²) in [6.45, 7) is 4.23. The van der Waals surface area contributed by atoms with E-state index < -0.39 is 0 Å². The fourth-order valence-corrected chi connectivity index (χ4v) is 4.14. The maximum Gasteiger partial charge on any atom is 0.260 e. The molecule has 1 fully saturated rings. The molecule has 0 spiro atoms. The lowest BCUT2D eigenvalue weighted by atomic mass is 10.1. The van der Waals surface area contributed by atoms with E-state index in [2.05, 4.69) is 29.7 Å². The van der Waals surface area contributed by atoms with Crippen LogP contribution in [0.15, 0.2) is 41.3 Å². The highest BCUT2D eigenvalue weighted by atomic mass is 35.5. The molecule has 1 saturated heterocycles. The number of amides is 1.